The molecule has 27 heavy (non-hydrogen) atoms. The Labute approximate surface area is 162 Å². The second kappa shape index (κ2) is 9.45. The van der Waals surface area contributed by atoms with E-state index < -0.39 is 0 Å². The minimum atomic E-state index is 0.248. The number of hydrogen-bond acceptors (Lipinski definition) is 3. The molecule has 0 aliphatic carbocycles. The third-order valence-electron chi connectivity index (χ3n) is 4.21. The Hall–Kier alpha value is -2.48. The highest BCUT2D eigenvalue weighted by Crippen LogP contribution is 2.25. The minimum Gasteiger partial charge on any atom is -0.467 e. The molecule has 3 aromatic carbocycles. The van der Waals surface area contributed by atoms with Crippen LogP contribution >= 0.6 is 8.58 Å². The van der Waals surface area contributed by atoms with Crippen LogP contribution in [-0.4, -0.2) is 20.1 Å². The lowest BCUT2D eigenvalue weighted by atomic mass is 10.1. The molecule has 0 aliphatic rings. The predicted octanol–water partition coefficient (Wildman–Crippen LogP) is 4.67. The van der Waals surface area contributed by atoms with Crippen molar-refractivity contribution in [2.24, 2.45) is 4.99 Å². The lowest BCUT2D eigenvalue weighted by molar-refractivity contribution is 0.0514. The van der Waals surface area contributed by atoms with Crippen molar-refractivity contribution in [3.8, 4) is 5.75 Å². The Kier molecular flexibility index (Phi) is 6.75. The van der Waals surface area contributed by atoms with Crippen LogP contribution in [0, 0.1) is 13.8 Å². The maximum atomic E-state index is 5.85. The van der Waals surface area contributed by atoms with Crippen LogP contribution in [0.15, 0.2) is 71.7 Å². The number of nitrogens with zero attached hydrogens (tertiary/aromatic N) is 1. The van der Waals surface area contributed by atoms with E-state index in [4.69, 9.17) is 9.47 Å². The standard InChI is InChI=1S/C23H24NO2P/c1-17-9-8-14-21(22(17)26-16-25-3)27-23-18(2)10-7-11-19(23)15-24-20-12-5-4-6-13-20/h4-15,27H,16H2,1-3H3/b24-15+. The van der Waals surface area contributed by atoms with Crippen LogP contribution in [0.25, 0.3) is 0 Å². The second-order valence-corrected chi connectivity index (χ2v) is 7.55. The van der Waals surface area contributed by atoms with Crippen molar-refractivity contribution >= 4 is 31.1 Å². The van der Waals surface area contributed by atoms with Crippen molar-refractivity contribution in [1.29, 1.82) is 0 Å². The largest absolute Gasteiger partial charge is 0.467 e. The molecule has 4 heteroatoms. The van der Waals surface area contributed by atoms with E-state index in [-0.39, 0.29) is 6.79 Å². The van der Waals surface area contributed by atoms with Crippen molar-refractivity contribution in [3.63, 3.8) is 0 Å². The number of benzene rings is 3. The Morgan fingerprint density at radius 1 is 0.889 bits per heavy atom. The molecule has 0 radical (unpaired) electrons. The topological polar surface area (TPSA) is 30.8 Å². The SMILES string of the molecule is COCOc1c(C)cccc1Pc1c(C)cccc1/C=N/c1ccccc1. The molecule has 0 bridgehead atoms. The zero-order chi connectivity index (χ0) is 19.1. The first-order valence-corrected chi connectivity index (χ1v) is 9.86. The fourth-order valence-electron chi connectivity index (χ4n) is 2.82. The van der Waals surface area contributed by atoms with Gasteiger partial charge in [0.25, 0.3) is 0 Å². The quantitative estimate of drug-likeness (QED) is 0.340. The van der Waals surface area contributed by atoms with Gasteiger partial charge in [-0.15, -0.1) is 0 Å². The molecule has 0 saturated heterocycles. The maximum absolute atomic E-state index is 5.85. The summed E-state index contributed by atoms with van der Waals surface area (Å²) < 4.78 is 11.0. The van der Waals surface area contributed by atoms with Crippen LogP contribution in [-0.2, 0) is 4.74 Å². The van der Waals surface area contributed by atoms with Gasteiger partial charge >= 0.3 is 0 Å². The van der Waals surface area contributed by atoms with E-state index in [2.05, 4.69) is 55.2 Å². The van der Waals surface area contributed by atoms with Gasteiger partial charge < -0.3 is 9.47 Å². The molecule has 0 heterocycles. The third kappa shape index (κ3) is 5.03. The molecule has 0 N–H and O–H groups in total. The third-order valence-corrected chi connectivity index (χ3v) is 5.80. The number of para-hydroxylation sites is 2. The summed E-state index contributed by atoms with van der Waals surface area (Å²) in [6, 6.07) is 22.6. The fraction of sp³-hybridized carbons (Fsp3) is 0.174. The zero-order valence-corrected chi connectivity index (χ0v) is 16.9. The average Bonchev–Trinajstić information content (AvgIpc) is 2.69. The highest BCUT2D eigenvalue weighted by atomic mass is 31.1. The van der Waals surface area contributed by atoms with Gasteiger partial charge in [0.2, 0.25) is 0 Å². The molecule has 3 rings (SSSR count). The van der Waals surface area contributed by atoms with Crippen molar-refractivity contribution < 1.29 is 9.47 Å². The number of aryl methyl sites for hydroxylation is 2. The lowest BCUT2D eigenvalue weighted by Gasteiger charge is -2.16. The van der Waals surface area contributed by atoms with Crippen LogP contribution in [0.2, 0.25) is 0 Å². The van der Waals surface area contributed by atoms with E-state index in [1.54, 1.807) is 7.11 Å². The van der Waals surface area contributed by atoms with E-state index in [1.165, 1.54) is 16.2 Å². The molecule has 0 aromatic heterocycles. The average molecular weight is 377 g/mol. The number of rotatable bonds is 7. The van der Waals surface area contributed by atoms with Crippen molar-refractivity contribution in [3.05, 3.63) is 83.4 Å². The maximum Gasteiger partial charge on any atom is 0.188 e. The van der Waals surface area contributed by atoms with Gasteiger partial charge in [0.1, 0.15) is 5.75 Å². The summed E-state index contributed by atoms with van der Waals surface area (Å²) in [5, 5.41) is 2.46. The summed E-state index contributed by atoms with van der Waals surface area (Å²) >= 11 is 0. The summed E-state index contributed by atoms with van der Waals surface area (Å²) in [5.41, 5.74) is 4.46. The molecule has 0 aliphatic heterocycles. The van der Waals surface area contributed by atoms with E-state index in [9.17, 15) is 0 Å². The first kappa shape index (κ1) is 19.3. The summed E-state index contributed by atoms with van der Waals surface area (Å²) in [6.45, 7) is 4.46. The lowest BCUT2D eigenvalue weighted by Crippen LogP contribution is -2.15. The van der Waals surface area contributed by atoms with Crippen LogP contribution in [0.1, 0.15) is 16.7 Å². The first-order valence-electron chi connectivity index (χ1n) is 8.86. The summed E-state index contributed by atoms with van der Waals surface area (Å²) in [6.07, 6.45) is 1.95. The molecule has 1 atom stereocenters. The van der Waals surface area contributed by atoms with Gasteiger partial charge in [0.05, 0.1) is 5.69 Å². The van der Waals surface area contributed by atoms with Crippen LogP contribution < -0.4 is 15.3 Å². The van der Waals surface area contributed by atoms with Crippen molar-refractivity contribution in [2.75, 3.05) is 13.9 Å². The minimum absolute atomic E-state index is 0.248. The van der Waals surface area contributed by atoms with Gasteiger partial charge in [-0.1, -0.05) is 63.2 Å². The first-order chi connectivity index (χ1) is 13.2. The Morgan fingerprint density at radius 2 is 1.63 bits per heavy atom. The molecule has 0 spiro atoms. The highest BCUT2D eigenvalue weighted by molar-refractivity contribution is 7.56. The molecular formula is C23H24NO2P. The Morgan fingerprint density at radius 3 is 2.41 bits per heavy atom. The number of methoxy groups -OCH3 is 1. The zero-order valence-electron chi connectivity index (χ0n) is 15.9. The van der Waals surface area contributed by atoms with Gasteiger partial charge in [0.15, 0.2) is 6.79 Å². The van der Waals surface area contributed by atoms with Crippen molar-refractivity contribution in [2.45, 2.75) is 13.8 Å². The van der Waals surface area contributed by atoms with Gasteiger partial charge in [-0.3, -0.25) is 4.99 Å². The second-order valence-electron chi connectivity index (χ2n) is 6.26. The van der Waals surface area contributed by atoms with Gasteiger partial charge in [-0.2, -0.15) is 0 Å². The summed E-state index contributed by atoms with van der Waals surface area (Å²) in [4.78, 5) is 4.64. The van der Waals surface area contributed by atoms with E-state index >= 15 is 0 Å². The Balaban J connectivity index is 1.94. The number of hydrogen-bond donors (Lipinski definition) is 0. The molecule has 3 nitrogen and oxygen atoms in total. The fourth-order valence-corrected chi connectivity index (χ4v) is 4.23. The molecular weight excluding hydrogens is 353 g/mol. The Bertz CT molecular complexity index is 923. The molecule has 0 saturated carbocycles. The van der Waals surface area contributed by atoms with Crippen LogP contribution in [0.3, 0.4) is 0 Å². The number of ether oxygens (including phenoxy) is 2. The van der Waals surface area contributed by atoms with Gasteiger partial charge in [-0.05, 0) is 42.4 Å². The van der Waals surface area contributed by atoms with Gasteiger partial charge in [0, 0.05) is 24.2 Å². The smallest absolute Gasteiger partial charge is 0.188 e. The van der Waals surface area contributed by atoms with Crippen LogP contribution in [0.5, 0.6) is 5.75 Å². The van der Waals surface area contributed by atoms with Crippen LogP contribution in [0.4, 0.5) is 5.69 Å². The summed E-state index contributed by atoms with van der Waals surface area (Å²) in [5.74, 6) is 0.909. The van der Waals surface area contributed by atoms with Gasteiger partial charge in [-0.25, -0.2) is 0 Å². The predicted molar refractivity (Wildman–Crippen MR) is 116 cm³/mol. The number of aliphatic imine (C=N–C) groups is 1. The normalized spacial score (nSPS) is 11.5. The molecule has 1 unspecified atom stereocenters. The van der Waals surface area contributed by atoms with E-state index in [0.717, 1.165) is 22.6 Å². The van der Waals surface area contributed by atoms with E-state index in [0.29, 0.717) is 8.58 Å². The van der Waals surface area contributed by atoms with Crippen molar-refractivity contribution in [1.82, 2.24) is 0 Å². The molecule has 0 amide bonds. The van der Waals surface area contributed by atoms with E-state index in [1.807, 2.05) is 36.5 Å². The monoisotopic (exact) mass is 377 g/mol. The molecule has 0 fully saturated rings. The molecule has 3 aromatic rings. The highest BCUT2D eigenvalue weighted by Gasteiger charge is 2.11. The summed E-state index contributed by atoms with van der Waals surface area (Å²) in [7, 11) is 2.12. The molecule has 138 valence electrons.